The first-order valence-electron chi connectivity index (χ1n) is 3.50. The molecule has 0 bridgehead atoms. The van der Waals surface area contributed by atoms with Gasteiger partial charge in [-0.2, -0.15) is 0 Å². The first kappa shape index (κ1) is 7.54. The highest BCUT2D eigenvalue weighted by molar-refractivity contribution is 7.99. The molecule has 0 unspecified atom stereocenters. The van der Waals surface area contributed by atoms with Gasteiger partial charge in [-0.15, -0.1) is 22.0 Å². The fourth-order valence-electron chi connectivity index (χ4n) is 1.08. The third-order valence-corrected chi connectivity index (χ3v) is 2.69. The van der Waals surface area contributed by atoms with E-state index in [1.54, 1.807) is 17.8 Å². The third kappa shape index (κ3) is 1.16. The molecular formula is C7H6N2O2S. The van der Waals surface area contributed by atoms with E-state index in [0.29, 0.717) is 0 Å². The number of rotatable bonds is 1. The number of aromatic nitrogens is 2. The zero-order chi connectivity index (χ0) is 8.55. The summed E-state index contributed by atoms with van der Waals surface area (Å²) < 4.78 is 0. The highest BCUT2D eigenvalue weighted by atomic mass is 32.2. The minimum Gasteiger partial charge on any atom is -0.476 e. The van der Waals surface area contributed by atoms with E-state index in [1.807, 2.05) is 0 Å². The van der Waals surface area contributed by atoms with Gasteiger partial charge in [0.15, 0.2) is 5.69 Å². The van der Waals surface area contributed by atoms with E-state index in [2.05, 4.69) is 10.2 Å². The molecule has 2 heterocycles. The van der Waals surface area contributed by atoms with Gasteiger partial charge < -0.3 is 5.11 Å². The summed E-state index contributed by atoms with van der Waals surface area (Å²) in [5.74, 6) is -0.0326. The zero-order valence-electron chi connectivity index (χ0n) is 6.15. The molecule has 4 nitrogen and oxygen atoms in total. The molecule has 1 aromatic rings. The molecule has 0 atom stereocenters. The zero-order valence-corrected chi connectivity index (χ0v) is 6.97. The molecule has 0 radical (unpaired) electrons. The number of nitrogens with zero attached hydrogens (tertiary/aromatic N) is 2. The van der Waals surface area contributed by atoms with Gasteiger partial charge in [0, 0.05) is 5.75 Å². The lowest BCUT2D eigenvalue weighted by atomic mass is 10.2. The van der Waals surface area contributed by atoms with Crippen LogP contribution in [0.2, 0.25) is 0 Å². The quantitative estimate of drug-likeness (QED) is 0.696. The van der Waals surface area contributed by atoms with E-state index in [1.165, 1.54) is 0 Å². The second-order valence-electron chi connectivity index (χ2n) is 2.46. The first-order chi connectivity index (χ1) is 5.77. The first-order valence-corrected chi connectivity index (χ1v) is 4.48. The molecule has 0 aromatic carbocycles. The maximum Gasteiger partial charge on any atom is 0.356 e. The van der Waals surface area contributed by atoms with Gasteiger partial charge in [-0.25, -0.2) is 4.79 Å². The fraction of sp³-hybridized carbons (Fsp3) is 0.286. The molecule has 2 rings (SSSR count). The van der Waals surface area contributed by atoms with Gasteiger partial charge in [0.05, 0.1) is 0 Å². The molecule has 62 valence electrons. The Morgan fingerprint density at radius 2 is 2.42 bits per heavy atom. The van der Waals surface area contributed by atoms with Crippen LogP contribution in [0.3, 0.4) is 0 Å². The normalized spacial score (nSPS) is 14.3. The number of carbonyl (C=O) groups is 1. The molecule has 0 spiro atoms. The number of aromatic carboxylic acids is 1. The summed E-state index contributed by atoms with van der Waals surface area (Å²) in [4.78, 5) is 10.5. The van der Waals surface area contributed by atoms with Crippen molar-refractivity contribution in [2.45, 2.75) is 11.4 Å². The average Bonchev–Trinajstić information content (AvgIpc) is 2.49. The van der Waals surface area contributed by atoms with E-state index in [0.717, 1.165) is 22.8 Å². The Morgan fingerprint density at radius 1 is 1.58 bits per heavy atom. The van der Waals surface area contributed by atoms with Crippen molar-refractivity contribution < 1.29 is 9.90 Å². The Balaban J connectivity index is 2.45. The molecule has 0 amide bonds. The van der Waals surface area contributed by atoms with Gasteiger partial charge in [0.1, 0.15) is 5.03 Å². The molecule has 5 heteroatoms. The Hall–Kier alpha value is -1.10. The molecule has 1 aromatic heterocycles. The van der Waals surface area contributed by atoms with Gasteiger partial charge in [-0.05, 0) is 18.1 Å². The van der Waals surface area contributed by atoms with Crippen molar-refractivity contribution in [3.8, 4) is 0 Å². The second-order valence-corrected chi connectivity index (χ2v) is 3.55. The second kappa shape index (κ2) is 2.75. The van der Waals surface area contributed by atoms with Crippen LogP contribution in [0.1, 0.15) is 16.1 Å². The number of aryl methyl sites for hydroxylation is 1. The number of hydrogen-bond acceptors (Lipinski definition) is 4. The van der Waals surface area contributed by atoms with Gasteiger partial charge in [-0.3, -0.25) is 0 Å². The van der Waals surface area contributed by atoms with Crippen LogP contribution in [0.5, 0.6) is 0 Å². The third-order valence-electron chi connectivity index (χ3n) is 1.66. The van der Waals surface area contributed by atoms with Crippen molar-refractivity contribution >= 4 is 17.7 Å². The van der Waals surface area contributed by atoms with Crippen LogP contribution in [0.15, 0.2) is 11.1 Å². The summed E-state index contributed by atoms with van der Waals surface area (Å²) >= 11 is 1.62. The maximum absolute atomic E-state index is 10.5. The fourth-order valence-corrected chi connectivity index (χ4v) is 2.04. The minimum absolute atomic E-state index is 0.0382. The van der Waals surface area contributed by atoms with Crippen LogP contribution in [0.4, 0.5) is 0 Å². The summed E-state index contributed by atoms with van der Waals surface area (Å²) in [5.41, 5.74) is 1.05. The molecule has 0 fully saturated rings. The van der Waals surface area contributed by atoms with Crippen LogP contribution >= 0.6 is 11.8 Å². The van der Waals surface area contributed by atoms with Crippen molar-refractivity contribution in [2.24, 2.45) is 0 Å². The summed E-state index contributed by atoms with van der Waals surface area (Å²) in [6.07, 6.45) is 0.899. The largest absolute Gasteiger partial charge is 0.476 e. The molecule has 1 aliphatic heterocycles. The summed E-state index contributed by atoms with van der Waals surface area (Å²) in [5, 5.41) is 16.9. The molecule has 1 aliphatic rings. The predicted octanol–water partition coefficient (Wildman–Crippen LogP) is 0.823. The van der Waals surface area contributed by atoms with E-state index in [9.17, 15) is 4.79 Å². The van der Waals surface area contributed by atoms with Crippen molar-refractivity contribution in [1.82, 2.24) is 10.2 Å². The Kier molecular flexibility index (Phi) is 1.73. The monoisotopic (exact) mass is 182 g/mol. The summed E-state index contributed by atoms with van der Waals surface area (Å²) in [6.45, 7) is 0. The minimum atomic E-state index is -1.01. The molecule has 0 saturated carbocycles. The number of thioether (sulfide) groups is 1. The van der Waals surface area contributed by atoms with Crippen LogP contribution in [-0.2, 0) is 6.42 Å². The Bertz CT molecular complexity index is 340. The van der Waals surface area contributed by atoms with E-state index in [4.69, 9.17) is 5.11 Å². The molecular weight excluding hydrogens is 176 g/mol. The van der Waals surface area contributed by atoms with Crippen LogP contribution in [0.25, 0.3) is 0 Å². The van der Waals surface area contributed by atoms with Gasteiger partial charge in [0.25, 0.3) is 0 Å². The molecule has 0 aliphatic carbocycles. The van der Waals surface area contributed by atoms with Crippen LogP contribution in [-0.4, -0.2) is 27.0 Å². The average molecular weight is 182 g/mol. The Labute approximate surface area is 73.0 Å². The molecule has 1 N–H and O–H groups in total. The molecule has 12 heavy (non-hydrogen) atoms. The van der Waals surface area contributed by atoms with Crippen LogP contribution < -0.4 is 0 Å². The van der Waals surface area contributed by atoms with Gasteiger partial charge in [0.2, 0.25) is 0 Å². The standard InChI is InChI=1S/C7H6N2O2S/c10-7(11)5-3-4-1-2-12-6(4)9-8-5/h3H,1-2H2,(H,10,11). The van der Waals surface area contributed by atoms with Crippen molar-refractivity contribution in [2.75, 3.05) is 5.75 Å². The van der Waals surface area contributed by atoms with Crippen LogP contribution in [0, 0.1) is 0 Å². The smallest absolute Gasteiger partial charge is 0.356 e. The van der Waals surface area contributed by atoms with Crippen molar-refractivity contribution in [1.29, 1.82) is 0 Å². The lowest BCUT2D eigenvalue weighted by Crippen LogP contribution is -2.03. The van der Waals surface area contributed by atoms with Crippen molar-refractivity contribution in [3.05, 3.63) is 17.3 Å². The lowest BCUT2D eigenvalue weighted by Gasteiger charge is -1.96. The predicted molar refractivity (Wildman–Crippen MR) is 43.4 cm³/mol. The Morgan fingerprint density at radius 3 is 3.17 bits per heavy atom. The number of fused-ring (bicyclic) bond motifs is 1. The van der Waals surface area contributed by atoms with Gasteiger partial charge in [-0.1, -0.05) is 0 Å². The number of carboxylic acid groups (broad SMARTS) is 1. The molecule has 0 saturated heterocycles. The van der Waals surface area contributed by atoms with Crippen molar-refractivity contribution in [3.63, 3.8) is 0 Å². The number of carboxylic acids is 1. The summed E-state index contributed by atoms with van der Waals surface area (Å²) in [6, 6.07) is 1.60. The lowest BCUT2D eigenvalue weighted by molar-refractivity contribution is 0.0688. The SMILES string of the molecule is O=C(O)c1cc2c(nn1)SCC2. The highest BCUT2D eigenvalue weighted by Crippen LogP contribution is 2.28. The van der Waals surface area contributed by atoms with Gasteiger partial charge >= 0.3 is 5.97 Å². The maximum atomic E-state index is 10.5. The van der Waals surface area contributed by atoms with E-state index in [-0.39, 0.29) is 5.69 Å². The van der Waals surface area contributed by atoms with E-state index < -0.39 is 5.97 Å². The summed E-state index contributed by atoms with van der Waals surface area (Å²) in [7, 11) is 0. The number of hydrogen-bond donors (Lipinski definition) is 1. The highest BCUT2D eigenvalue weighted by Gasteiger charge is 2.16. The van der Waals surface area contributed by atoms with E-state index >= 15 is 0 Å². The topological polar surface area (TPSA) is 63.1 Å².